The van der Waals surface area contributed by atoms with Crippen molar-refractivity contribution in [1.29, 1.82) is 0 Å². The zero-order chi connectivity index (χ0) is 24.0. The van der Waals surface area contributed by atoms with E-state index in [1.165, 1.54) is 0 Å². The van der Waals surface area contributed by atoms with Crippen LogP contribution in [-0.2, 0) is 4.74 Å². The fraction of sp³-hybridized carbons (Fsp3) is 0.240. The molecular formula is C25H22N4O4S. The number of benzene rings is 1. The first-order valence-electron chi connectivity index (χ1n) is 10.8. The second-order valence-electron chi connectivity index (χ2n) is 8.19. The first kappa shape index (κ1) is 22.0. The van der Waals surface area contributed by atoms with Gasteiger partial charge in [0.25, 0.3) is 11.6 Å². The highest BCUT2D eigenvalue weighted by atomic mass is 32.1. The molecule has 1 aromatic carbocycles. The van der Waals surface area contributed by atoms with Crippen molar-refractivity contribution in [3.05, 3.63) is 68.9 Å². The van der Waals surface area contributed by atoms with E-state index >= 15 is 0 Å². The highest BCUT2D eigenvalue weighted by Gasteiger charge is 2.25. The second-order valence-corrected chi connectivity index (χ2v) is 9.65. The Bertz CT molecular complexity index is 1510. The fourth-order valence-corrected chi connectivity index (χ4v) is 4.70. The Morgan fingerprint density at radius 2 is 1.82 bits per heavy atom. The molecule has 4 heterocycles. The molecule has 8 nitrogen and oxygen atoms in total. The summed E-state index contributed by atoms with van der Waals surface area (Å²) in [7, 11) is 0. The van der Waals surface area contributed by atoms with E-state index in [9.17, 15) is 4.79 Å². The minimum absolute atomic E-state index is 0.209. The molecule has 0 aliphatic heterocycles. The number of thiophene rings is 1. The van der Waals surface area contributed by atoms with Crippen molar-refractivity contribution in [3.63, 3.8) is 0 Å². The molecule has 1 unspecified atom stereocenters. The molecule has 0 saturated heterocycles. The smallest absolute Gasteiger partial charge is 0.339 e. The maximum atomic E-state index is 13.3. The van der Waals surface area contributed by atoms with E-state index < -0.39 is 12.1 Å². The lowest BCUT2D eigenvalue weighted by Gasteiger charge is -2.11. The molecule has 5 rings (SSSR count). The summed E-state index contributed by atoms with van der Waals surface area (Å²) in [6.07, 6.45) is -0.754. The van der Waals surface area contributed by atoms with Gasteiger partial charge < -0.3 is 13.7 Å². The van der Waals surface area contributed by atoms with E-state index in [-0.39, 0.29) is 11.6 Å². The largest absolute Gasteiger partial charge is 0.449 e. The highest BCUT2D eigenvalue weighted by Crippen LogP contribution is 2.33. The molecule has 34 heavy (non-hydrogen) atoms. The van der Waals surface area contributed by atoms with Crippen molar-refractivity contribution in [2.75, 3.05) is 0 Å². The van der Waals surface area contributed by atoms with Gasteiger partial charge in [0.05, 0.1) is 22.3 Å². The zero-order valence-corrected chi connectivity index (χ0v) is 20.2. The van der Waals surface area contributed by atoms with Crippen LogP contribution >= 0.6 is 11.3 Å². The van der Waals surface area contributed by atoms with E-state index in [4.69, 9.17) is 13.7 Å². The van der Waals surface area contributed by atoms with E-state index in [0.717, 1.165) is 26.4 Å². The van der Waals surface area contributed by atoms with Crippen molar-refractivity contribution in [2.45, 2.75) is 40.7 Å². The van der Waals surface area contributed by atoms with Gasteiger partial charge in [-0.15, -0.1) is 21.5 Å². The Morgan fingerprint density at radius 3 is 2.53 bits per heavy atom. The first-order chi connectivity index (χ1) is 16.3. The summed E-state index contributed by atoms with van der Waals surface area (Å²) in [6, 6.07) is 11.5. The molecule has 1 atom stereocenters. The van der Waals surface area contributed by atoms with Gasteiger partial charge in [-0.05, 0) is 58.9 Å². The molecular weight excluding hydrogens is 452 g/mol. The summed E-state index contributed by atoms with van der Waals surface area (Å²) >= 11 is 1.67. The molecule has 0 aliphatic carbocycles. The second kappa shape index (κ2) is 8.49. The number of hydrogen-bond acceptors (Lipinski definition) is 9. The van der Waals surface area contributed by atoms with Gasteiger partial charge in [-0.25, -0.2) is 9.78 Å². The van der Waals surface area contributed by atoms with Gasteiger partial charge in [0.1, 0.15) is 0 Å². The maximum Gasteiger partial charge on any atom is 0.339 e. The van der Waals surface area contributed by atoms with Crippen LogP contribution in [0.25, 0.3) is 33.8 Å². The predicted molar refractivity (Wildman–Crippen MR) is 128 cm³/mol. The molecule has 0 N–H and O–H groups in total. The SMILES string of the molecule is Cc1ccc(-c2nnc(C(C)OC(=O)c3cc(-c4cc(C)sc4C)nc4onc(C)c34)o2)cc1. The van der Waals surface area contributed by atoms with Crippen LogP contribution in [0, 0.1) is 27.7 Å². The van der Waals surface area contributed by atoms with E-state index in [0.29, 0.717) is 28.2 Å². The van der Waals surface area contributed by atoms with Crippen molar-refractivity contribution in [3.8, 4) is 22.7 Å². The zero-order valence-electron chi connectivity index (χ0n) is 19.4. The quantitative estimate of drug-likeness (QED) is 0.279. The van der Waals surface area contributed by atoms with Crippen LogP contribution < -0.4 is 0 Å². The monoisotopic (exact) mass is 474 g/mol. The summed E-state index contributed by atoms with van der Waals surface area (Å²) < 4.78 is 16.9. The summed E-state index contributed by atoms with van der Waals surface area (Å²) in [5.74, 6) is 0.0256. The Hall–Kier alpha value is -3.85. The lowest BCUT2D eigenvalue weighted by atomic mass is 10.1. The van der Waals surface area contributed by atoms with Crippen molar-refractivity contribution in [2.24, 2.45) is 0 Å². The van der Waals surface area contributed by atoms with Crippen LogP contribution in [0.15, 0.2) is 45.3 Å². The minimum Gasteiger partial charge on any atom is -0.449 e. The third-order valence-electron chi connectivity index (χ3n) is 5.52. The van der Waals surface area contributed by atoms with Crippen LogP contribution in [0.4, 0.5) is 0 Å². The number of esters is 1. The molecule has 5 aromatic rings. The van der Waals surface area contributed by atoms with Crippen LogP contribution in [0.2, 0.25) is 0 Å². The maximum absolute atomic E-state index is 13.3. The van der Waals surface area contributed by atoms with Crippen LogP contribution in [0.3, 0.4) is 0 Å². The number of carbonyl (C=O) groups is 1. The lowest BCUT2D eigenvalue weighted by Crippen LogP contribution is -2.11. The number of ether oxygens (including phenoxy) is 1. The topological polar surface area (TPSA) is 104 Å². The van der Waals surface area contributed by atoms with Crippen molar-refractivity contribution >= 4 is 28.4 Å². The Labute approximate surface area is 199 Å². The molecule has 9 heteroatoms. The highest BCUT2D eigenvalue weighted by molar-refractivity contribution is 7.12. The van der Waals surface area contributed by atoms with Crippen molar-refractivity contribution in [1.82, 2.24) is 20.3 Å². The summed E-state index contributed by atoms with van der Waals surface area (Å²) in [6.45, 7) is 9.51. The number of hydrogen-bond donors (Lipinski definition) is 0. The van der Waals surface area contributed by atoms with Crippen LogP contribution in [0.1, 0.15) is 50.3 Å². The molecule has 0 bridgehead atoms. The van der Waals surface area contributed by atoms with E-state index in [2.05, 4.69) is 20.3 Å². The van der Waals surface area contributed by atoms with Gasteiger partial charge in [0.2, 0.25) is 5.89 Å². The Kier molecular flexibility index (Phi) is 5.49. The molecule has 172 valence electrons. The van der Waals surface area contributed by atoms with Gasteiger partial charge in [-0.2, -0.15) is 0 Å². The molecule has 0 spiro atoms. The third-order valence-corrected chi connectivity index (χ3v) is 6.49. The normalized spacial score (nSPS) is 12.3. The minimum atomic E-state index is -0.754. The molecule has 0 saturated carbocycles. The van der Waals surface area contributed by atoms with Gasteiger partial charge in [-0.1, -0.05) is 22.9 Å². The first-order valence-corrected chi connectivity index (χ1v) is 11.6. The van der Waals surface area contributed by atoms with Crippen LogP contribution in [0.5, 0.6) is 0 Å². The van der Waals surface area contributed by atoms with Gasteiger partial charge >= 0.3 is 5.97 Å². The van der Waals surface area contributed by atoms with Gasteiger partial charge in [-0.3, -0.25) is 0 Å². The predicted octanol–water partition coefficient (Wildman–Crippen LogP) is 6.15. The number of pyridine rings is 1. The number of carbonyl (C=O) groups excluding carboxylic acids is 1. The average Bonchev–Trinajstić information content (AvgIpc) is 3.52. The fourth-order valence-electron chi connectivity index (χ4n) is 3.76. The molecule has 4 aromatic heterocycles. The Morgan fingerprint density at radius 1 is 1.06 bits per heavy atom. The number of aryl methyl sites for hydroxylation is 4. The van der Waals surface area contributed by atoms with Crippen molar-refractivity contribution < 1.29 is 18.5 Å². The average molecular weight is 475 g/mol. The summed E-state index contributed by atoms with van der Waals surface area (Å²) in [5, 5.41) is 12.7. The number of aromatic nitrogens is 4. The molecule has 0 aliphatic rings. The lowest BCUT2D eigenvalue weighted by molar-refractivity contribution is 0.0282. The van der Waals surface area contributed by atoms with Gasteiger partial charge in [0, 0.05) is 20.9 Å². The molecule has 0 amide bonds. The van der Waals surface area contributed by atoms with Crippen LogP contribution in [-0.4, -0.2) is 26.3 Å². The number of nitrogens with zero attached hydrogens (tertiary/aromatic N) is 4. The third kappa shape index (κ3) is 3.99. The number of fused-ring (bicyclic) bond motifs is 1. The van der Waals surface area contributed by atoms with E-state index in [1.54, 1.807) is 31.3 Å². The number of rotatable bonds is 5. The molecule has 0 fully saturated rings. The van der Waals surface area contributed by atoms with E-state index in [1.807, 2.05) is 51.1 Å². The Balaban J connectivity index is 1.46. The standard InChI is InChI=1S/C25H22N4O4S/c1-12-6-8-17(9-7-12)23-28-27-22(32-23)15(4)31-25(30)19-11-20(18-10-13(2)34-16(18)5)26-24-21(19)14(3)29-33-24/h6-11,15H,1-5H3. The summed E-state index contributed by atoms with van der Waals surface area (Å²) in [4.78, 5) is 20.1. The molecule has 0 radical (unpaired) electrons. The van der Waals surface area contributed by atoms with Gasteiger partial charge in [0.15, 0.2) is 6.10 Å². The summed E-state index contributed by atoms with van der Waals surface area (Å²) in [5.41, 5.74) is 4.68.